The third kappa shape index (κ3) is 3.19. The molecule has 2 aromatic rings. The molecule has 0 unspecified atom stereocenters. The van der Waals surface area contributed by atoms with Crippen LogP contribution in [0.4, 0.5) is 5.69 Å². The van der Waals surface area contributed by atoms with E-state index in [-0.39, 0.29) is 11.6 Å². The molecule has 7 heteroatoms. The van der Waals surface area contributed by atoms with Crippen molar-refractivity contribution in [1.29, 1.82) is 0 Å². The smallest absolute Gasteiger partial charge is 0.290 e. The number of carbonyl (C=O) groups is 1. The van der Waals surface area contributed by atoms with Gasteiger partial charge in [0.1, 0.15) is 23.2 Å². The minimum Gasteiger partial charge on any atom is -0.460 e. The number of nitrogens with two attached hydrogens (primary N) is 1. The number of nitrogens with one attached hydrogen (secondary N) is 1. The minimum absolute atomic E-state index is 0.0224. The highest BCUT2D eigenvalue weighted by molar-refractivity contribution is 5.79. The van der Waals surface area contributed by atoms with Crippen molar-refractivity contribution in [2.24, 2.45) is 0 Å². The van der Waals surface area contributed by atoms with Gasteiger partial charge in [0, 0.05) is 6.54 Å². The highest BCUT2D eigenvalue weighted by Gasteiger charge is 2.20. The molecular formula is C15H20N4O3. The van der Waals surface area contributed by atoms with Crippen molar-refractivity contribution in [2.45, 2.75) is 33.2 Å². The van der Waals surface area contributed by atoms with Gasteiger partial charge in [0.15, 0.2) is 5.76 Å². The fourth-order valence-corrected chi connectivity index (χ4v) is 1.99. The van der Waals surface area contributed by atoms with Gasteiger partial charge >= 0.3 is 0 Å². The second-order valence-corrected chi connectivity index (χ2v) is 5.11. The predicted octanol–water partition coefficient (Wildman–Crippen LogP) is 1.48. The van der Waals surface area contributed by atoms with E-state index in [4.69, 9.17) is 10.2 Å². The van der Waals surface area contributed by atoms with Crippen molar-refractivity contribution in [3.8, 4) is 11.5 Å². The molecule has 0 aliphatic carbocycles. The van der Waals surface area contributed by atoms with E-state index < -0.39 is 11.6 Å². The summed E-state index contributed by atoms with van der Waals surface area (Å²) in [6, 6.07) is 4.24. The Morgan fingerprint density at radius 3 is 2.82 bits per heavy atom. The van der Waals surface area contributed by atoms with Crippen molar-refractivity contribution in [3.63, 3.8) is 0 Å². The van der Waals surface area contributed by atoms with Gasteiger partial charge in [-0.25, -0.2) is 4.68 Å². The van der Waals surface area contributed by atoms with Crippen LogP contribution in [0.15, 0.2) is 27.4 Å². The Balaban J connectivity index is 2.41. The van der Waals surface area contributed by atoms with Crippen molar-refractivity contribution in [2.75, 3.05) is 12.3 Å². The lowest BCUT2D eigenvalue weighted by Crippen LogP contribution is -2.38. The van der Waals surface area contributed by atoms with Gasteiger partial charge in [0.25, 0.3) is 5.56 Å². The molecule has 2 rings (SSSR count). The van der Waals surface area contributed by atoms with Crippen LogP contribution in [0.1, 0.15) is 32.1 Å². The van der Waals surface area contributed by atoms with Gasteiger partial charge in [-0.05, 0) is 38.5 Å². The Morgan fingerprint density at radius 1 is 1.50 bits per heavy atom. The standard InChI is InChI=1S/C15H20N4O3/c1-4-7-17-14(20)10(3)19-15(21)11(16)8-12(18-19)13-6-5-9(2)22-13/h5-6,8,10H,4,7,16H2,1-3H3,(H,17,20)/t10-/m1/s1. The zero-order chi connectivity index (χ0) is 16.3. The predicted molar refractivity (Wildman–Crippen MR) is 83.4 cm³/mol. The van der Waals surface area contributed by atoms with E-state index >= 15 is 0 Å². The number of nitrogens with zero attached hydrogens (tertiary/aromatic N) is 2. The first-order valence-electron chi connectivity index (χ1n) is 7.18. The molecule has 0 aliphatic heterocycles. The summed E-state index contributed by atoms with van der Waals surface area (Å²) in [5.41, 5.74) is 5.70. The van der Waals surface area contributed by atoms with E-state index in [1.54, 1.807) is 19.1 Å². The van der Waals surface area contributed by atoms with E-state index in [2.05, 4.69) is 10.4 Å². The molecule has 1 atom stereocenters. The van der Waals surface area contributed by atoms with E-state index in [9.17, 15) is 9.59 Å². The largest absolute Gasteiger partial charge is 0.460 e. The van der Waals surface area contributed by atoms with Crippen LogP contribution >= 0.6 is 0 Å². The molecule has 1 amide bonds. The Hall–Kier alpha value is -2.57. The fraction of sp³-hybridized carbons (Fsp3) is 0.400. The number of furan rings is 1. The molecule has 2 aromatic heterocycles. The zero-order valence-electron chi connectivity index (χ0n) is 12.9. The van der Waals surface area contributed by atoms with Crippen LogP contribution in [-0.2, 0) is 4.79 Å². The highest BCUT2D eigenvalue weighted by Crippen LogP contribution is 2.20. The van der Waals surface area contributed by atoms with Crippen molar-refractivity contribution in [1.82, 2.24) is 15.1 Å². The van der Waals surface area contributed by atoms with E-state index in [1.165, 1.54) is 6.07 Å². The molecule has 0 bridgehead atoms. The minimum atomic E-state index is -0.752. The second kappa shape index (κ2) is 6.46. The van der Waals surface area contributed by atoms with Crippen molar-refractivity contribution >= 4 is 11.6 Å². The van der Waals surface area contributed by atoms with Gasteiger partial charge in [-0.1, -0.05) is 6.92 Å². The number of amides is 1. The number of aryl methyl sites for hydroxylation is 1. The number of hydrogen-bond acceptors (Lipinski definition) is 5. The summed E-state index contributed by atoms with van der Waals surface area (Å²) >= 11 is 0. The van der Waals surface area contributed by atoms with Crippen LogP contribution in [0.5, 0.6) is 0 Å². The monoisotopic (exact) mass is 304 g/mol. The van der Waals surface area contributed by atoms with Crippen LogP contribution in [0, 0.1) is 6.92 Å². The fourth-order valence-electron chi connectivity index (χ4n) is 1.99. The third-order valence-corrected chi connectivity index (χ3v) is 3.25. The summed E-state index contributed by atoms with van der Waals surface area (Å²) in [6.07, 6.45) is 0.814. The lowest BCUT2D eigenvalue weighted by molar-refractivity contribution is -0.124. The first-order chi connectivity index (χ1) is 10.4. The quantitative estimate of drug-likeness (QED) is 0.871. The van der Waals surface area contributed by atoms with Gasteiger partial charge in [0.05, 0.1) is 0 Å². The molecule has 0 radical (unpaired) electrons. The van der Waals surface area contributed by atoms with Gasteiger partial charge < -0.3 is 15.5 Å². The average molecular weight is 304 g/mol. The topological polar surface area (TPSA) is 103 Å². The maximum absolute atomic E-state index is 12.1. The number of nitrogen functional groups attached to an aromatic ring is 1. The maximum Gasteiger partial charge on any atom is 0.290 e. The average Bonchev–Trinajstić information content (AvgIpc) is 2.93. The molecular weight excluding hydrogens is 284 g/mol. The molecule has 0 aliphatic rings. The number of rotatable bonds is 5. The summed E-state index contributed by atoms with van der Waals surface area (Å²) in [6.45, 7) is 5.91. The van der Waals surface area contributed by atoms with Crippen LogP contribution < -0.4 is 16.6 Å². The van der Waals surface area contributed by atoms with Crippen LogP contribution in [0.2, 0.25) is 0 Å². The molecule has 0 saturated carbocycles. The lowest BCUT2D eigenvalue weighted by atomic mass is 10.2. The second-order valence-electron chi connectivity index (χ2n) is 5.11. The van der Waals surface area contributed by atoms with Gasteiger partial charge in [-0.2, -0.15) is 5.10 Å². The SMILES string of the molecule is CCCNC(=O)[C@@H](C)n1nc(-c2ccc(C)o2)cc(N)c1=O. The van der Waals surface area contributed by atoms with E-state index in [1.807, 2.05) is 13.8 Å². The Labute approximate surface area is 128 Å². The molecule has 3 N–H and O–H groups in total. The molecule has 7 nitrogen and oxygen atoms in total. The molecule has 0 aromatic carbocycles. The van der Waals surface area contributed by atoms with E-state index in [0.29, 0.717) is 18.0 Å². The normalized spacial score (nSPS) is 12.1. The van der Waals surface area contributed by atoms with Crippen molar-refractivity contribution < 1.29 is 9.21 Å². The summed E-state index contributed by atoms with van der Waals surface area (Å²) in [4.78, 5) is 24.2. The number of hydrogen-bond donors (Lipinski definition) is 2. The zero-order valence-corrected chi connectivity index (χ0v) is 12.9. The van der Waals surface area contributed by atoms with Crippen LogP contribution in [0.25, 0.3) is 11.5 Å². The molecule has 2 heterocycles. The molecule has 0 fully saturated rings. The summed E-state index contributed by atoms with van der Waals surface area (Å²) < 4.78 is 6.58. The van der Waals surface area contributed by atoms with Crippen LogP contribution in [-0.4, -0.2) is 22.2 Å². The molecule has 0 saturated heterocycles. The third-order valence-electron chi connectivity index (χ3n) is 3.25. The van der Waals surface area contributed by atoms with Crippen molar-refractivity contribution in [3.05, 3.63) is 34.3 Å². The first kappa shape index (κ1) is 15.8. The number of aromatic nitrogens is 2. The lowest BCUT2D eigenvalue weighted by Gasteiger charge is -2.15. The summed E-state index contributed by atoms with van der Waals surface area (Å²) in [5, 5.41) is 6.95. The number of carbonyl (C=O) groups excluding carboxylic acids is 1. The highest BCUT2D eigenvalue weighted by atomic mass is 16.3. The Morgan fingerprint density at radius 2 is 2.23 bits per heavy atom. The number of anilines is 1. The maximum atomic E-state index is 12.1. The Kier molecular flexibility index (Phi) is 4.65. The molecule has 118 valence electrons. The van der Waals surface area contributed by atoms with Gasteiger partial charge in [0.2, 0.25) is 5.91 Å². The van der Waals surface area contributed by atoms with Gasteiger partial charge in [-0.15, -0.1) is 0 Å². The Bertz CT molecular complexity index is 733. The summed E-state index contributed by atoms with van der Waals surface area (Å²) in [5.74, 6) is 0.949. The van der Waals surface area contributed by atoms with Crippen LogP contribution in [0.3, 0.4) is 0 Å². The van der Waals surface area contributed by atoms with Gasteiger partial charge in [-0.3, -0.25) is 9.59 Å². The molecule has 22 heavy (non-hydrogen) atoms. The first-order valence-corrected chi connectivity index (χ1v) is 7.18. The molecule has 0 spiro atoms. The summed E-state index contributed by atoms with van der Waals surface area (Å²) in [7, 11) is 0. The van der Waals surface area contributed by atoms with E-state index in [0.717, 1.165) is 16.9 Å².